The average molecular weight is 193 g/mol. The zero-order valence-corrected chi connectivity index (χ0v) is 8.02. The summed E-state index contributed by atoms with van der Waals surface area (Å²) in [4.78, 5) is 4.01. The fraction of sp³-hybridized carbons (Fsp3) is 0.300. The van der Waals surface area contributed by atoms with E-state index in [9.17, 15) is 5.11 Å². The van der Waals surface area contributed by atoms with Crippen LogP contribution in [0.1, 0.15) is 13.8 Å². The van der Waals surface area contributed by atoms with Gasteiger partial charge in [0, 0.05) is 0 Å². The van der Waals surface area contributed by atoms with Gasteiger partial charge in [0.15, 0.2) is 11.1 Å². The Hall–Kier alpha value is -1.71. The zero-order chi connectivity index (χ0) is 10.1. The van der Waals surface area contributed by atoms with Gasteiger partial charge in [-0.25, -0.2) is 0 Å². The molecule has 1 aromatic heterocycles. The van der Waals surface area contributed by atoms with E-state index in [1.807, 2.05) is 13.8 Å². The van der Waals surface area contributed by atoms with Crippen LogP contribution in [0.3, 0.4) is 0 Å². The average Bonchev–Trinajstić information content (AvgIpc) is 2.47. The number of hydrogen-bond acceptors (Lipinski definition) is 4. The number of aromatic nitrogens is 1. The second-order valence-corrected chi connectivity index (χ2v) is 3.27. The predicted molar refractivity (Wildman–Crippen MR) is 51.4 cm³/mol. The van der Waals surface area contributed by atoms with Crippen LogP contribution in [-0.2, 0) is 0 Å². The highest BCUT2D eigenvalue weighted by atomic mass is 16.6. The van der Waals surface area contributed by atoms with E-state index >= 15 is 0 Å². The van der Waals surface area contributed by atoms with Crippen molar-refractivity contribution in [2.45, 2.75) is 20.0 Å². The van der Waals surface area contributed by atoms with Gasteiger partial charge in [0.25, 0.3) is 0 Å². The van der Waals surface area contributed by atoms with Gasteiger partial charge in [0.05, 0.1) is 6.10 Å². The Morgan fingerprint density at radius 3 is 2.86 bits per heavy atom. The summed E-state index contributed by atoms with van der Waals surface area (Å²) < 4.78 is 10.5. The van der Waals surface area contributed by atoms with Crippen LogP contribution in [0.25, 0.3) is 11.1 Å². The Bertz CT molecular complexity index is 448. The van der Waals surface area contributed by atoms with Gasteiger partial charge in [0.1, 0.15) is 5.75 Å². The van der Waals surface area contributed by atoms with E-state index in [0.29, 0.717) is 11.1 Å². The van der Waals surface area contributed by atoms with Gasteiger partial charge in [-0.05, 0) is 26.0 Å². The number of phenols is 1. The molecule has 74 valence electrons. The number of ether oxygens (including phenoxy) is 1. The first-order valence-electron chi connectivity index (χ1n) is 4.42. The summed E-state index contributed by atoms with van der Waals surface area (Å²) >= 11 is 0. The SMILES string of the molecule is CC(C)Oc1nc2c(O)cccc2o1. The Morgan fingerprint density at radius 2 is 2.21 bits per heavy atom. The molecule has 4 nitrogen and oxygen atoms in total. The smallest absolute Gasteiger partial charge is 0.395 e. The van der Waals surface area contributed by atoms with Crippen LogP contribution >= 0.6 is 0 Å². The molecule has 4 heteroatoms. The molecule has 0 radical (unpaired) electrons. The maximum atomic E-state index is 9.44. The molecule has 0 bridgehead atoms. The van der Waals surface area contributed by atoms with Crippen LogP contribution in [0.5, 0.6) is 11.8 Å². The minimum Gasteiger partial charge on any atom is -0.506 e. The van der Waals surface area contributed by atoms with E-state index in [1.165, 1.54) is 0 Å². The molecular weight excluding hydrogens is 182 g/mol. The number of rotatable bonds is 2. The molecule has 0 unspecified atom stereocenters. The van der Waals surface area contributed by atoms with Crippen molar-refractivity contribution < 1.29 is 14.3 Å². The monoisotopic (exact) mass is 193 g/mol. The van der Waals surface area contributed by atoms with E-state index in [2.05, 4.69) is 4.98 Å². The lowest BCUT2D eigenvalue weighted by Gasteiger charge is -2.02. The first kappa shape index (κ1) is 8.87. The molecule has 0 saturated carbocycles. The molecule has 1 heterocycles. The second-order valence-electron chi connectivity index (χ2n) is 3.27. The first-order valence-corrected chi connectivity index (χ1v) is 4.42. The Balaban J connectivity index is 2.46. The third-order valence-corrected chi connectivity index (χ3v) is 1.71. The zero-order valence-electron chi connectivity index (χ0n) is 8.02. The van der Waals surface area contributed by atoms with Crippen LogP contribution in [0.2, 0.25) is 0 Å². The van der Waals surface area contributed by atoms with Crippen molar-refractivity contribution in [1.82, 2.24) is 4.98 Å². The van der Waals surface area contributed by atoms with Crippen molar-refractivity contribution >= 4 is 11.1 Å². The number of phenolic OH excluding ortho intramolecular Hbond substituents is 1. The number of para-hydroxylation sites is 1. The number of nitrogens with zero attached hydrogens (tertiary/aromatic N) is 1. The summed E-state index contributed by atoms with van der Waals surface area (Å²) in [6.45, 7) is 3.77. The molecule has 2 rings (SSSR count). The molecule has 1 aromatic carbocycles. The van der Waals surface area contributed by atoms with Crippen LogP contribution in [0.4, 0.5) is 0 Å². The summed E-state index contributed by atoms with van der Waals surface area (Å²) in [7, 11) is 0. The van der Waals surface area contributed by atoms with Crippen molar-refractivity contribution in [2.24, 2.45) is 0 Å². The molecule has 0 spiro atoms. The largest absolute Gasteiger partial charge is 0.506 e. The van der Waals surface area contributed by atoms with Crippen molar-refractivity contribution in [1.29, 1.82) is 0 Å². The van der Waals surface area contributed by atoms with E-state index in [1.54, 1.807) is 18.2 Å². The van der Waals surface area contributed by atoms with Crippen LogP contribution in [-0.4, -0.2) is 16.2 Å². The van der Waals surface area contributed by atoms with E-state index in [-0.39, 0.29) is 17.9 Å². The number of hydrogen-bond donors (Lipinski definition) is 1. The summed E-state index contributed by atoms with van der Waals surface area (Å²) in [6, 6.07) is 4.99. The quantitative estimate of drug-likeness (QED) is 0.795. The third kappa shape index (κ3) is 1.51. The highest BCUT2D eigenvalue weighted by Crippen LogP contribution is 2.27. The van der Waals surface area contributed by atoms with Gasteiger partial charge >= 0.3 is 6.08 Å². The Morgan fingerprint density at radius 1 is 1.43 bits per heavy atom. The molecule has 2 aromatic rings. The second kappa shape index (κ2) is 3.21. The van der Waals surface area contributed by atoms with E-state index in [4.69, 9.17) is 9.15 Å². The normalized spacial score (nSPS) is 11.1. The molecule has 0 fully saturated rings. The lowest BCUT2D eigenvalue weighted by Crippen LogP contribution is -2.05. The van der Waals surface area contributed by atoms with Crippen molar-refractivity contribution in [3.8, 4) is 11.8 Å². The van der Waals surface area contributed by atoms with Gasteiger partial charge in [-0.15, -0.1) is 0 Å². The van der Waals surface area contributed by atoms with E-state index < -0.39 is 0 Å². The summed E-state index contributed by atoms with van der Waals surface area (Å²) in [6.07, 6.45) is 0.196. The summed E-state index contributed by atoms with van der Waals surface area (Å²) in [5, 5.41) is 9.44. The highest BCUT2D eigenvalue weighted by molar-refractivity contribution is 5.79. The van der Waals surface area contributed by atoms with Gasteiger partial charge in [-0.2, -0.15) is 4.98 Å². The van der Waals surface area contributed by atoms with Gasteiger partial charge in [0.2, 0.25) is 0 Å². The lowest BCUT2D eigenvalue weighted by atomic mass is 10.3. The molecule has 1 N–H and O–H groups in total. The minimum atomic E-state index is 0.00482. The molecular formula is C10H11NO3. The summed E-state index contributed by atoms with van der Waals surface area (Å²) in [5.74, 6) is 0.102. The summed E-state index contributed by atoms with van der Waals surface area (Å²) in [5.41, 5.74) is 0.962. The number of aromatic hydroxyl groups is 1. The van der Waals surface area contributed by atoms with Crippen LogP contribution < -0.4 is 4.74 Å². The number of fused-ring (bicyclic) bond motifs is 1. The molecule has 0 saturated heterocycles. The van der Waals surface area contributed by atoms with Gasteiger partial charge < -0.3 is 14.3 Å². The van der Waals surface area contributed by atoms with Gasteiger partial charge in [-0.3, -0.25) is 0 Å². The van der Waals surface area contributed by atoms with Crippen molar-refractivity contribution in [3.05, 3.63) is 18.2 Å². The molecule has 0 atom stereocenters. The molecule has 14 heavy (non-hydrogen) atoms. The molecule has 0 aliphatic rings. The van der Waals surface area contributed by atoms with Crippen molar-refractivity contribution in [3.63, 3.8) is 0 Å². The third-order valence-electron chi connectivity index (χ3n) is 1.71. The van der Waals surface area contributed by atoms with E-state index in [0.717, 1.165) is 0 Å². The molecule has 0 aliphatic carbocycles. The van der Waals surface area contributed by atoms with Crippen LogP contribution in [0.15, 0.2) is 22.6 Å². The standard InChI is InChI=1S/C10H11NO3/c1-6(2)13-10-11-9-7(12)4-3-5-8(9)14-10/h3-6,12H,1-2H3. The first-order chi connectivity index (χ1) is 6.66. The Labute approximate surface area is 81.1 Å². The topological polar surface area (TPSA) is 55.5 Å². The van der Waals surface area contributed by atoms with Crippen molar-refractivity contribution in [2.75, 3.05) is 0 Å². The van der Waals surface area contributed by atoms with Gasteiger partial charge in [-0.1, -0.05) is 6.07 Å². The molecule has 0 amide bonds. The number of oxazole rings is 1. The fourth-order valence-electron chi connectivity index (χ4n) is 1.17. The maximum Gasteiger partial charge on any atom is 0.395 e. The Kier molecular flexibility index (Phi) is 2.04. The maximum absolute atomic E-state index is 9.44. The highest BCUT2D eigenvalue weighted by Gasteiger charge is 2.10. The number of benzene rings is 1. The predicted octanol–water partition coefficient (Wildman–Crippen LogP) is 2.32. The van der Waals surface area contributed by atoms with Crippen LogP contribution in [0, 0.1) is 0 Å². The molecule has 0 aliphatic heterocycles. The minimum absolute atomic E-state index is 0.00482. The fourth-order valence-corrected chi connectivity index (χ4v) is 1.17. The lowest BCUT2D eigenvalue weighted by molar-refractivity contribution is 0.180.